The van der Waals surface area contributed by atoms with Gasteiger partial charge in [-0.3, -0.25) is 14.4 Å². The summed E-state index contributed by atoms with van der Waals surface area (Å²) in [5.41, 5.74) is 0. The van der Waals surface area contributed by atoms with Crippen molar-refractivity contribution >= 4 is 23.9 Å². The minimum absolute atomic E-state index is 0.0405. The van der Waals surface area contributed by atoms with Crippen molar-refractivity contribution < 1.29 is 58.2 Å². The van der Waals surface area contributed by atoms with Crippen molar-refractivity contribution in [2.24, 2.45) is 0 Å². The summed E-state index contributed by atoms with van der Waals surface area (Å²) < 4.78 is 28.2. The number of carbonyl (C=O) groups excluding carboxylic acids is 3. The highest BCUT2D eigenvalue weighted by molar-refractivity contribution is 5.74. The van der Waals surface area contributed by atoms with E-state index < -0.39 is 67.3 Å². The van der Waals surface area contributed by atoms with Gasteiger partial charge in [-0.25, -0.2) is 4.79 Å². The maximum absolute atomic E-state index is 13.1. The first-order valence-electron chi connectivity index (χ1n) is 26.6. The minimum Gasteiger partial charge on any atom is -0.479 e. The van der Waals surface area contributed by atoms with Gasteiger partial charge in [-0.05, 0) is 109 Å². The first-order chi connectivity index (χ1) is 33.6. The fourth-order valence-electron chi connectivity index (χ4n) is 7.39. The molecule has 1 aliphatic heterocycles. The van der Waals surface area contributed by atoms with Gasteiger partial charge in [0.25, 0.3) is 0 Å². The van der Waals surface area contributed by atoms with Gasteiger partial charge in [0.05, 0.1) is 6.61 Å². The molecule has 1 saturated heterocycles. The standard InChI is InChI=1S/C57H92O12/c1-4-7-10-13-16-19-22-25-28-31-34-37-40-43-49(58)65-46-48(67-50(59)44-41-38-35-32-29-26-23-20-17-14-11-8-5-2)47-66-57-55(53(62)52(61)54(69-57)56(63)64)68-51(60)45-42-39-36-33-30-27-24-21-18-15-12-9-6-3/h7-8,10-11,16-17,19-21,24-26,28-29,48,52-55,57,61-62H,4-6,9,12-15,18,22-23,27,30-47H2,1-3H3,(H,63,64)/b10-7-,11-8-,19-16-,20-17-,24-21-,28-25-,29-26-. The molecule has 6 atom stereocenters. The quantitative estimate of drug-likeness (QED) is 0.0229. The molecule has 0 radical (unpaired) electrons. The number of carboxylic acids is 1. The molecular formula is C57H92O12. The highest BCUT2D eigenvalue weighted by Gasteiger charge is 2.50. The van der Waals surface area contributed by atoms with E-state index >= 15 is 0 Å². The summed E-state index contributed by atoms with van der Waals surface area (Å²) in [6.07, 6.45) is 44.3. The van der Waals surface area contributed by atoms with E-state index in [0.29, 0.717) is 19.3 Å². The average molecular weight is 969 g/mol. The number of ether oxygens (including phenoxy) is 5. The Morgan fingerprint density at radius 1 is 0.493 bits per heavy atom. The molecule has 12 heteroatoms. The van der Waals surface area contributed by atoms with Crippen molar-refractivity contribution in [3.63, 3.8) is 0 Å². The number of rotatable bonds is 43. The lowest BCUT2D eigenvalue weighted by Crippen LogP contribution is -2.61. The molecule has 0 aromatic carbocycles. The van der Waals surface area contributed by atoms with Crippen LogP contribution in [-0.2, 0) is 42.9 Å². The van der Waals surface area contributed by atoms with Crippen LogP contribution in [-0.4, -0.2) is 89.2 Å². The number of aliphatic carboxylic acids is 1. The minimum atomic E-state index is -1.92. The lowest BCUT2D eigenvalue weighted by molar-refractivity contribution is -0.301. The number of carbonyl (C=O) groups is 4. The predicted molar refractivity (Wildman–Crippen MR) is 275 cm³/mol. The molecule has 0 aromatic rings. The predicted octanol–water partition coefficient (Wildman–Crippen LogP) is 12.8. The maximum atomic E-state index is 13.1. The van der Waals surface area contributed by atoms with Gasteiger partial charge in [0.1, 0.15) is 18.8 Å². The highest BCUT2D eigenvalue weighted by Crippen LogP contribution is 2.26. The molecule has 12 nitrogen and oxygen atoms in total. The first kappa shape index (κ1) is 62.9. The van der Waals surface area contributed by atoms with Crippen LogP contribution in [0.15, 0.2) is 85.1 Å². The Balaban J connectivity index is 2.78. The summed E-state index contributed by atoms with van der Waals surface area (Å²) in [4.78, 5) is 50.8. The number of allylic oxidation sites excluding steroid dienone is 14. The van der Waals surface area contributed by atoms with Crippen LogP contribution < -0.4 is 0 Å². The molecule has 1 rings (SSSR count). The van der Waals surface area contributed by atoms with E-state index in [2.05, 4.69) is 106 Å². The van der Waals surface area contributed by atoms with Gasteiger partial charge >= 0.3 is 23.9 Å². The molecule has 0 amide bonds. The monoisotopic (exact) mass is 969 g/mol. The van der Waals surface area contributed by atoms with Crippen LogP contribution >= 0.6 is 0 Å². The highest BCUT2D eigenvalue weighted by atomic mass is 16.7. The second-order valence-electron chi connectivity index (χ2n) is 17.7. The van der Waals surface area contributed by atoms with Crippen molar-refractivity contribution in [1.82, 2.24) is 0 Å². The van der Waals surface area contributed by atoms with Gasteiger partial charge in [-0.15, -0.1) is 0 Å². The SMILES string of the molecule is CC/C=C\C/C=C\C/C=C\CCCCCC(=O)OCC(COC1OC(C(=O)O)C(O)C(O)C1OC(=O)CCCCCCC/C=C\CCCCCC)OC(=O)CCCCC/C=C\C/C=C\C/C=C\CC. The molecule has 1 heterocycles. The fraction of sp³-hybridized carbons (Fsp3) is 0.684. The second kappa shape index (κ2) is 45.1. The van der Waals surface area contributed by atoms with Gasteiger partial charge in [-0.2, -0.15) is 0 Å². The van der Waals surface area contributed by atoms with Crippen molar-refractivity contribution in [3.8, 4) is 0 Å². The van der Waals surface area contributed by atoms with Gasteiger partial charge in [0.15, 0.2) is 24.6 Å². The normalized spacial score (nSPS) is 19.3. The molecule has 1 fully saturated rings. The van der Waals surface area contributed by atoms with E-state index in [4.69, 9.17) is 23.7 Å². The third-order valence-corrected chi connectivity index (χ3v) is 11.4. The molecule has 0 aliphatic carbocycles. The Kier molecular flexibility index (Phi) is 41.1. The zero-order valence-electron chi connectivity index (χ0n) is 42.8. The third kappa shape index (κ3) is 35.6. The molecule has 69 heavy (non-hydrogen) atoms. The topological polar surface area (TPSA) is 175 Å². The summed E-state index contributed by atoms with van der Waals surface area (Å²) in [5, 5.41) is 31.3. The van der Waals surface area contributed by atoms with Crippen LogP contribution in [0.2, 0.25) is 0 Å². The van der Waals surface area contributed by atoms with Crippen LogP contribution in [0.25, 0.3) is 0 Å². The Morgan fingerprint density at radius 3 is 1.42 bits per heavy atom. The maximum Gasteiger partial charge on any atom is 0.335 e. The molecule has 0 spiro atoms. The number of hydrogen-bond acceptors (Lipinski definition) is 11. The average Bonchev–Trinajstić information content (AvgIpc) is 3.33. The zero-order valence-corrected chi connectivity index (χ0v) is 42.8. The van der Waals surface area contributed by atoms with E-state index in [-0.39, 0.29) is 25.9 Å². The summed E-state index contributed by atoms with van der Waals surface area (Å²) >= 11 is 0. The second-order valence-corrected chi connectivity index (χ2v) is 17.7. The smallest absolute Gasteiger partial charge is 0.335 e. The first-order valence-corrected chi connectivity index (χ1v) is 26.6. The molecule has 1 aliphatic rings. The Bertz CT molecular complexity index is 1530. The number of aliphatic hydroxyl groups is 2. The van der Waals surface area contributed by atoms with E-state index in [1.807, 2.05) is 0 Å². The van der Waals surface area contributed by atoms with E-state index in [1.165, 1.54) is 25.7 Å². The van der Waals surface area contributed by atoms with E-state index in [9.17, 15) is 34.5 Å². The van der Waals surface area contributed by atoms with Crippen molar-refractivity contribution in [1.29, 1.82) is 0 Å². The third-order valence-electron chi connectivity index (χ3n) is 11.4. The lowest BCUT2D eigenvalue weighted by Gasteiger charge is -2.40. The van der Waals surface area contributed by atoms with Crippen LogP contribution in [0.3, 0.4) is 0 Å². The van der Waals surface area contributed by atoms with Crippen LogP contribution in [0.4, 0.5) is 0 Å². The number of hydrogen-bond donors (Lipinski definition) is 3. The number of esters is 3. The number of aliphatic hydroxyl groups excluding tert-OH is 2. The Hall–Kier alpha value is -4.10. The summed E-state index contributed by atoms with van der Waals surface area (Å²) in [6, 6.07) is 0. The largest absolute Gasteiger partial charge is 0.479 e. The molecule has 3 N–H and O–H groups in total. The van der Waals surface area contributed by atoms with Gasteiger partial charge in [0, 0.05) is 19.3 Å². The Labute approximate surface area is 416 Å². The lowest BCUT2D eigenvalue weighted by atomic mass is 9.98. The van der Waals surface area contributed by atoms with Crippen molar-refractivity contribution in [2.75, 3.05) is 13.2 Å². The summed E-state index contributed by atoms with van der Waals surface area (Å²) in [6.45, 7) is 5.66. The van der Waals surface area contributed by atoms with Crippen LogP contribution in [0.5, 0.6) is 0 Å². The molecule has 0 bridgehead atoms. The molecule has 0 saturated carbocycles. The van der Waals surface area contributed by atoms with Crippen molar-refractivity contribution in [3.05, 3.63) is 85.1 Å². The van der Waals surface area contributed by atoms with Crippen molar-refractivity contribution in [2.45, 2.75) is 237 Å². The number of carboxylic acid groups (broad SMARTS) is 1. The fourth-order valence-corrected chi connectivity index (χ4v) is 7.39. The summed E-state index contributed by atoms with van der Waals surface area (Å²) in [5.74, 6) is -3.22. The summed E-state index contributed by atoms with van der Waals surface area (Å²) in [7, 11) is 0. The molecular weight excluding hydrogens is 877 g/mol. The van der Waals surface area contributed by atoms with Gasteiger partial charge in [0.2, 0.25) is 0 Å². The van der Waals surface area contributed by atoms with E-state index in [1.54, 1.807) is 0 Å². The zero-order chi connectivity index (χ0) is 50.4. The Morgan fingerprint density at radius 2 is 0.913 bits per heavy atom. The van der Waals surface area contributed by atoms with Crippen LogP contribution in [0.1, 0.15) is 201 Å². The van der Waals surface area contributed by atoms with Crippen LogP contribution in [0, 0.1) is 0 Å². The molecule has 392 valence electrons. The molecule has 6 unspecified atom stereocenters. The molecule has 0 aromatic heterocycles. The van der Waals surface area contributed by atoms with Gasteiger partial charge in [-0.1, -0.05) is 157 Å². The van der Waals surface area contributed by atoms with Gasteiger partial charge < -0.3 is 39.0 Å². The number of unbranched alkanes of at least 4 members (excludes halogenated alkanes) is 15. The van der Waals surface area contributed by atoms with E-state index in [0.717, 1.165) is 116 Å².